The van der Waals surface area contributed by atoms with E-state index < -0.39 is 0 Å². The molecule has 0 aromatic carbocycles. The first kappa shape index (κ1) is 13.3. The van der Waals surface area contributed by atoms with Crippen LogP contribution in [0.2, 0.25) is 0 Å². The molecule has 2 rings (SSSR count). The first-order valence-corrected chi connectivity index (χ1v) is 7.00. The average Bonchev–Trinajstić information content (AvgIpc) is 3.04. The number of nitrogens with one attached hydrogen (secondary N) is 1. The summed E-state index contributed by atoms with van der Waals surface area (Å²) in [5.41, 5.74) is 5.51. The molecule has 5 heteroatoms. The van der Waals surface area contributed by atoms with Gasteiger partial charge in [-0.3, -0.25) is 0 Å². The fraction of sp³-hybridized carbons (Fsp3) is 0.462. The Labute approximate surface area is 111 Å². The molecule has 0 saturated carbocycles. The number of nitrogens with two attached hydrogens (primary N) is 1. The van der Waals surface area contributed by atoms with E-state index in [1.165, 1.54) is 4.88 Å². The predicted molar refractivity (Wildman–Crippen MR) is 73.3 cm³/mol. The van der Waals surface area contributed by atoms with Crippen molar-refractivity contribution in [3.05, 3.63) is 39.7 Å². The van der Waals surface area contributed by atoms with Gasteiger partial charge in [0, 0.05) is 11.1 Å². The maximum atomic E-state index is 5.54. The van der Waals surface area contributed by atoms with Gasteiger partial charge in [-0.15, -0.1) is 11.3 Å². The van der Waals surface area contributed by atoms with E-state index in [2.05, 4.69) is 24.1 Å². The van der Waals surface area contributed by atoms with E-state index in [0.29, 0.717) is 13.1 Å². The Morgan fingerprint density at radius 1 is 1.44 bits per heavy atom. The quantitative estimate of drug-likeness (QED) is 0.842. The van der Waals surface area contributed by atoms with Crippen molar-refractivity contribution in [1.29, 1.82) is 0 Å². The zero-order chi connectivity index (χ0) is 13.0. The van der Waals surface area contributed by atoms with Gasteiger partial charge in [-0.1, -0.05) is 6.92 Å². The van der Waals surface area contributed by atoms with Crippen LogP contribution in [0.25, 0.3) is 0 Å². The maximum Gasteiger partial charge on any atom is 0.118 e. The Morgan fingerprint density at radius 2 is 2.22 bits per heavy atom. The molecule has 0 fully saturated rings. The lowest BCUT2D eigenvalue weighted by atomic mass is 10.3. The van der Waals surface area contributed by atoms with E-state index in [9.17, 15) is 0 Å². The molecule has 0 saturated heterocycles. The molecule has 2 aromatic heterocycles. The van der Waals surface area contributed by atoms with Crippen LogP contribution < -0.4 is 11.1 Å². The van der Waals surface area contributed by atoms with Crippen LogP contribution in [0, 0.1) is 0 Å². The molecule has 2 aromatic rings. The van der Waals surface area contributed by atoms with E-state index in [0.717, 1.165) is 22.9 Å². The molecule has 0 radical (unpaired) electrons. The van der Waals surface area contributed by atoms with Crippen LogP contribution >= 0.6 is 11.3 Å². The van der Waals surface area contributed by atoms with Crippen LogP contribution in [0.5, 0.6) is 0 Å². The van der Waals surface area contributed by atoms with Crippen LogP contribution in [0.4, 0.5) is 0 Å². The Balaban J connectivity index is 1.89. The van der Waals surface area contributed by atoms with Gasteiger partial charge in [0.1, 0.15) is 16.5 Å². The van der Waals surface area contributed by atoms with Gasteiger partial charge in [0.2, 0.25) is 0 Å². The van der Waals surface area contributed by atoms with Gasteiger partial charge in [-0.25, -0.2) is 4.98 Å². The highest BCUT2D eigenvalue weighted by Gasteiger charge is 2.10. The Hall–Kier alpha value is -1.17. The average molecular weight is 265 g/mol. The Kier molecular flexibility index (Phi) is 4.52. The second-order valence-electron chi connectivity index (χ2n) is 4.19. The summed E-state index contributed by atoms with van der Waals surface area (Å²) < 4.78 is 5.54. The highest BCUT2D eigenvalue weighted by Crippen LogP contribution is 2.20. The number of hydrogen-bond donors (Lipinski definition) is 2. The second kappa shape index (κ2) is 6.13. The predicted octanol–water partition coefficient (Wildman–Crippen LogP) is 2.61. The van der Waals surface area contributed by atoms with Crippen molar-refractivity contribution in [3.63, 3.8) is 0 Å². The molecular weight excluding hydrogens is 246 g/mol. The Bertz CT molecular complexity index is 492. The fourth-order valence-corrected chi connectivity index (χ4v) is 2.54. The molecule has 0 bridgehead atoms. The van der Waals surface area contributed by atoms with Gasteiger partial charge >= 0.3 is 0 Å². The van der Waals surface area contributed by atoms with Crippen molar-refractivity contribution in [2.24, 2.45) is 5.73 Å². The molecule has 18 heavy (non-hydrogen) atoms. The van der Waals surface area contributed by atoms with E-state index in [4.69, 9.17) is 10.2 Å². The lowest BCUT2D eigenvalue weighted by Crippen LogP contribution is -2.17. The molecular formula is C13H19N3OS. The van der Waals surface area contributed by atoms with Crippen LogP contribution in [0.3, 0.4) is 0 Å². The topological polar surface area (TPSA) is 64.1 Å². The third-order valence-electron chi connectivity index (χ3n) is 2.79. The smallest absolute Gasteiger partial charge is 0.118 e. The number of aromatic nitrogens is 1. The van der Waals surface area contributed by atoms with Crippen molar-refractivity contribution in [1.82, 2.24) is 10.3 Å². The third kappa shape index (κ3) is 3.19. The minimum Gasteiger partial charge on any atom is -0.463 e. The number of aryl methyl sites for hydroxylation is 1. The third-order valence-corrected chi connectivity index (χ3v) is 4.12. The number of rotatable bonds is 6. The lowest BCUT2D eigenvalue weighted by Gasteiger charge is -2.09. The molecule has 0 aliphatic carbocycles. The summed E-state index contributed by atoms with van der Waals surface area (Å²) in [6.07, 6.45) is 3.00. The number of hydrogen-bond acceptors (Lipinski definition) is 5. The highest BCUT2D eigenvalue weighted by atomic mass is 32.1. The molecule has 0 amide bonds. The van der Waals surface area contributed by atoms with Gasteiger partial charge in [-0.2, -0.15) is 0 Å². The number of thiazole rings is 1. The standard InChI is InChI=1S/C13H19N3OS/c1-3-12-8-16-13(18-12)9(2)15-7-11-5-4-10(6-14)17-11/h4-5,8-9,15H,3,6-7,14H2,1-2H3. The summed E-state index contributed by atoms with van der Waals surface area (Å²) >= 11 is 1.76. The molecule has 1 unspecified atom stereocenters. The van der Waals surface area contributed by atoms with E-state index >= 15 is 0 Å². The molecule has 1 atom stereocenters. The summed E-state index contributed by atoms with van der Waals surface area (Å²) in [4.78, 5) is 5.75. The molecule has 2 heterocycles. The largest absolute Gasteiger partial charge is 0.463 e. The molecule has 3 N–H and O–H groups in total. The SMILES string of the molecule is CCc1cnc(C(C)NCc2ccc(CN)o2)s1. The van der Waals surface area contributed by atoms with E-state index in [1.807, 2.05) is 18.3 Å². The summed E-state index contributed by atoms with van der Waals surface area (Å²) in [6, 6.07) is 4.11. The zero-order valence-corrected chi connectivity index (χ0v) is 11.6. The van der Waals surface area contributed by atoms with Crippen molar-refractivity contribution in [3.8, 4) is 0 Å². The zero-order valence-electron chi connectivity index (χ0n) is 10.8. The van der Waals surface area contributed by atoms with Crippen molar-refractivity contribution >= 4 is 11.3 Å². The first-order valence-electron chi connectivity index (χ1n) is 6.18. The number of nitrogens with zero attached hydrogens (tertiary/aromatic N) is 1. The summed E-state index contributed by atoms with van der Waals surface area (Å²) in [6.45, 7) is 5.40. The van der Waals surface area contributed by atoms with Gasteiger partial charge < -0.3 is 15.5 Å². The van der Waals surface area contributed by atoms with Gasteiger partial charge in [-0.05, 0) is 25.5 Å². The summed E-state index contributed by atoms with van der Waals surface area (Å²) in [5, 5.41) is 4.53. The van der Waals surface area contributed by atoms with Crippen LogP contribution in [-0.2, 0) is 19.5 Å². The first-order chi connectivity index (χ1) is 8.72. The normalized spacial score (nSPS) is 12.8. The minimum atomic E-state index is 0.238. The molecule has 0 aliphatic rings. The van der Waals surface area contributed by atoms with Crippen LogP contribution in [0.15, 0.2) is 22.7 Å². The van der Waals surface area contributed by atoms with E-state index in [-0.39, 0.29) is 6.04 Å². The second-order valence-corrected chi connectivity index (χ2v) is 5.34. The summed E-state index contributed by atoms with van der Waals surface area (Å²) in [5.74, 6) is 1.73. The van der Waals surface area contributed by atoms with Crippen molar-refractivity contribution in [2.75, 3.05) is 0 Å². The van der Waals surface area contributed by atoms with Crippen LogP contribution in [-0.4, -0.2) is 4.98 Å². The molecule has 4 nitrogen and oxygen atoms in total. The van der Waals surface area contributed by atoms with Gasteiger partial charge in [0.05, 0.1) is 19.1 Å². The van der Waals surface area contributed by atoms with Crippen molar-refractivity contribution < 1.29 is 4.42 Å². The minimum absolute atomic E-state index is 0.238. The van der Waals surface area contributed by atoms with E-state index in [1.54, 1.807) is 11.3 Å². The molecule has 0 spiro atoms. The van der Waals surface area contributed by atoms with Gasteiger partial charge in [0.15, 0.2) is 0 Å². The maximum absolute atomic E-state index is 5.54. The highest BCUT2D eigenvalue weighted by molar-refractivity contribution is 7.11. The number of furan rings is 1. The molecule has 0 aliphatic heterocycles. The molecule has 98 valence electrons. The fourth-order valence-electron chi connectivity index (χ4n) is 1.65. The monoisotopic (exact) mass is 265 g/mol. The Morgan fingerprint density at radius 3 is 2.83 bits per heavy atom. The van der Waals surface area contributed by atoms with Crippen molar-refractivity contribution in [2.45, 2.75) is 39.4 Å². The van der Waals surface area contributed by atoms with Crippen LogP contribution in [0.1, 0.15) is 41.3 Å². The summed E-state index contributed by atoms with van der Waals surface area (Å²) in [7, 11) is 0. The lowest BCUT2D eigenvalue weighted by molar-refractivity contribution is 0.433. The van der Waals surface area contributed by atoms with Gasteiger partial charge in [0.25, 0.3) is 0 Å².